The van der Waals surface area contributed by atoms with Crippen LogP contribution in [0.1, 0.15) is 24.3 Å². The highest BCUT2D eigenvalue weighted by atomic mass is 35.5. The minimum Gasteiger partial charge on any atom is -0.315 e. The van der Waals surface area contributed by atoms with Crippen LogP contribution in [0.15, 0.2) is 42.7 Å². The van der Waals surface area contributed by atoms with Crippen molar-refractivity contribution in [3.05, 3.63) is 48.3 Å². The lowest BCUT2D eigenvalue weighted by atomic mass is 9.89. The number of carbonyl (C=O) groups is 1. The van der Waals surface area contributed by atoms with Crippen molar-refractivity contribution in [2.24, 2.45) is 18.9 Å². The Hall–Kier alpha value is -1.85. The molecule has 1 aliphatic carbocycles. The number of halogens is 1. The fourth-order valence-electron chi connectivity index (χ4n) is 3.61. The lowest BCUT2D eigenvalue weighted by molar-refractivity contribution is -0.122. The quantitative estimate of drug-likeness (QED) is 0.891. The van der Waals surface area contributed by atoms with E-state index in [1.807, 2.05) is 59.4 Å². The molecule has 0 spiro atoms. The van der Waals surface area contributed by atoms with Crippen molar-refractivity contribution in [3.8, 4) is 0 Å². The number of nitrogens with zero attached hydrogens (tertiary/aromatic N) is 3. The van der Waals surface area contributed by atoms with Gasteiger partial charge in [-0.05, 0) is 36.5 Å². The van der Waals surface area contributed by atoms with Gasteiger partial charge in [0.2, 0.25) is 5.91 Å². The molecule has 1 saturated carbocycles. The Morgan fingerprint density at radius 2 is 2.04 bits per heavy atom. The van der Waals surface area contributed by atoms with Crippen LogP contribution >= 0.6 is 12.4 Å². The van der Waals surface area contributed by atoms with Gasteiger partial charge in [-0.15, -0.1) is 12.4 Å². The van der Waals surface area contributed by atoms with Gasteiger partial charge in [0.25, 0.3) is 0 Å². The summed E-state index contributed by atoms with van der Waals surface area (Å²) in [6, 6.07) is 10.1. The van der Waals surface area contributed by atoms with Crippen molar-refractivity contribution >= 4 is 24.0 Å². The van der Waals surface area contributed by atoms with Gasteiger partial charge in [0.05, 0.1) is 12.1 Å². The number of rotatable bonds is 5. The molecule has 1 aliphatic heterocycles. The number of aromatic nitrogens is 2. The topological polar surface area (TPSA) is 50.2 Å². The third-order valence-corrected chi connectivity index (χ3v) is 5.16. The molecule has 6 heteroatoms. The van der Waals surface area contributed by atoms with E-state index in [0.717, 1.165) is 30.9 Å². The molecule has 1 saturated heterocycles. The Kier molecular flexibility index (Phi) is 5.45. The summed E-state index contributed by atoms with van der Waals surface area (Å²) in [7, 11) is 1.92. The van der Waals surface area contributed by atoms with Crippen LogP contribution < -0.4 is 10.2 Å². The number of carbonyl (C=O) groups excluding carboxylic acids is 1. The zero-order chi connectivity index (χ0) is 16.5. The molecule has 5 nitrogen and oxygen atoms in total. The third-order valence-electron chi connectivity index (χ3n) is 5.16. The van der Waals surface area contributed by atoms with Gasteiger partial charge in [0, 0.05) is 44.5 Å². The number of benzene rings is 1. The van der Waals surface area contributed by atoms with Crippen molar-refractivity contribution in [1.82, 2.24) is 15.1 Å². The van der Waals surface area contributed by atoms with Crippen LogP contribution in [0.3, 0.4) is 0 Å². The SMILES string of the molecule is Cl.Cn1cc([C@H]2CNC[C@@H]2C(=O)N(CC2CC2)c2ccccc2)cn1. The molecule has 0 radical (unpaired) electrons. The number of anilines is 1. The lowest BCUT2D eigenvalue weighted by Gasteiger charge is -2.28. The van der Waals surface area contributed by atoms with Crippen LogP contribution in [0.25, 0.3) is 0 Å². The molecule has 0 bridgehead atoms. The summed E-state index contributed by atoms with van der Waals surface area (Å²) in [4.78, 5) is 15.4. The van der Waals surface area contributed by atoms with E-state index in [1.54, 1.807) is 0 Å². The van der Waals surface area contributed by atoms with Gasteiger partial charge in [-0.25, -0.2) is 0 Å². The maximum atomic E-state index is 13.4. The maximum absolute atomic E-state index is 13.4. The average molecular weight is 361 g/mol. The van der Waals surface area contributed by atoms with Gasteiger partial charge in [0.15, 0.2) is 0 Å². The second kappa shape index (κ2) is 7.58. The van der Waals surface area contributed by atoms with E-state index in [4.69, 9.17) is 0 Å². The molecule has 2 aliphatic rings. The molecule has 25 heavy (non-hydrogen) atoms. The number of hydrogen-bond donors (Lipinski definition) is 1. The van der Waals surface area contributed by atoms with E-state index in [-0.39, 0.29) is 30.2 Å². The molecular weight excluding hydrogens is 336 g/mol. The first-order valence-corrected chi connectivity index (χ1v) is 8.78. The van der Waals surface area contributed by atoms with Gasteiger partial charge in [-0.3, -0.25) is 9.48 Å². The van der Waals surface area contributed by atoms with E-state index in [9.17, 15) is 4.79 Å². The minimum absolute atomic E-state index is 0. The molecule has 2 heterocycles. The van der Waals surface area contributed by atoms with E-state index in [2.05, 4.69) is 10.4 Å². The second-order valence-corrected chi connectivity index (χ2v) is 7.05. The Balaban J connectivity index is 0.00000182. The number of aryl methyl sites for hydroxylation is 1. The highest BCUT2D eigenvalue weighted by Gasteiger charge is 2.39. The molecule has 4 rings (SSSR count). The molecule has 0 unspecified atom stereocenters. The first kappa shape index (κ1) is 18.0. The number of amides is 1. The Bertz CT molecular complexity index is 713. The molecule has 134 valence electrons. The molecule has 1 aromatic heterocycles. The molecule has 1 N–H and O–H groups in total. The Morgan fingerprint density at radius 3 is 2.68 bits per heavy atom. The molecule has 2 fully saturated rings. The van der Waals surface area contributed by atoms with Gasteiger partial charge in [0.1, 0.15) is 0 Å². The average Bonchev–Trinajstić information content (AvgIpc) is 3.11. The smallest absolute Gasteiger partial charge is 0.232 e. The van der Waals surface area contributed by atoms with E-state index < -0.39 is 0 Å². The van der Waals surface area contributed by atoms with Gasteiger partial charge in [-0.2, -0.15) is 5.10 Å². The van der Waals surface area contributed by atoms with Crippen LogP contribution in [0.2, 0.25) is 0 Å². The summed E-state index contributed by atoms with van der Waals surface area (Å²) in [5, 5.41) is 7.68. The zero-order valence-corrected chi connectivity index (χ0v) is 15.3. The van der Waals surface area contributed by atoms with Crippen molar-refractivity contribution in [2.75, 3.05) is 24.5 Å². The fraction of sp³-hybridized carbons (Fsp3) is 0.474. The molecule has 2 atom stereocenters. The molecular formula is C19H25ClN4O. The van der Waals surface area contributed by atoms with Gasteiger partial charge < -0.3 is 10.2 Å². The summed E-state index contributed by atoms with van der Waals surface area (Å²) < 4.78 is 1.81. The van der Waals surface area contributed by atoms with Crippen molar-refractivity contribution in [1.29, 1.82) is 0 Å². The number of hydrogen-bond acceptors (Lipinski definition) is 3. The Labute approximate surface area is 154 Å². The van der Waals surface area contributed by atoms with Crippen LogP contribution in [0.4, 0.5) is 5.69 Å². The van der Waals surface area contributed by atoms with E-state index >= 15 is 0 Å². The molecule has 2 aromatic rings. The summed E-state index contributed by atoms with van der Waals surface area (Å²) in [6.45, 7) is 2.43. The number of nitrogens with one attached hydrogen (secondary N) is 1. The Morgan fingerprint density at radius 1 is 1.28 bits per heavy atom. The highest BCUT2D eigenvalue weighted by molar-refractivity contribution is 5.96. The highest BCUT2D eigenvalue weighted by Crippen LogP contribution is 2.35. The molecule has 1 amide bonds. The van der Waals surface area contributed by atoms with Gasteiger partial charge >= 0.3 is 0 Å². The summed E-state index contributed by atoms with van der Waals surface area (Å²) in [5.74, 6) is 1.09. The first-order valence-electron chi connectivity index (χ1n) is 8.78. The lowest BCUT2D eigenvalue weighted by Crippen LogP contribution is -2.40. The largest absolute Gasteiger partial charge is 0.315 e. The van der Waals surface area contributed by atoms with Crippen LogP contribution in [-0.2, 0) is 11.8 Å². The number of para-hydroxylation sites is 1. The predicted octanol–water partition coefficient (Wildman–Crippen LogP) is 2.59. The normalized spacial score (nSPS) is 22.4. The first-order chi connectivity index (χ1) is 11.7. The van der Waals surface area contributed by atoms with Crippen LogP contribution in [0, 0.1) is 11.8 Å². The summed E-state index contributed by atoms with van der Waals surface area (Å²) in [5.41, 5.74) is 2.17. The maximum Gasteiger partial charge on any atom is 0.232 e. The van der Waals surface area contributed by atoms with Crippen molar-refractivity contribution in [3.63, 3.8) is 0 Å². The summed E-state index contributed by atoms with van der Waals surface area (Å²) >= 11 is 0. The molecule has 1 aromatic carbocycles. The van der Waals surface area contributed by atoms with Crippen molar-refractivity contribution in [2.45, 2.75) is 18.8 Å². The predicted molar refractivity (Wildman–Crippen MR) is 101 cm³/mol. The zero-order valence-electron chi connectivity index (χ0n) is 14.5. The standard InChI is InChI=1S/C19H24N4O.ClH/c1-22-13-15(9-21-22)17-10-20-11-18(17)19(24)23(12-14-7-8-14)16-5-3-2-4-6-16;/h2-6,9,13-14,17-18,20H,7-8,10-12H2,1H3;1H/t17-,18+;/m1./s1. The van der Waals surface area contributed by atoms with Crippen LogP contribution in [0.5, 0.6) is 0 Å². The van der Waals surface area contributed by atoms with E-state index in [0.29, 0.717) is 5.92 Å². The minimum atomic E-state index is -0.0202. The van der Waals surface area contributed by atoms with Crippen molar-refractivity contribution < 1.29 is 4.79 Å². The fourth-order valence-corrected chi connectivity index (χ4v) is 3.61. The van der Waals surface area contributed by atoms with Crippen LogP contribution in [-0.4, -0.2) is 35.3 Å². The van der Waals surface area contributed by atoms with Gasteiger partial charge in [-0.1, -0.05) is 18.2 Å². The third kappa shape index (κ3) is 3.88. The monoisotopic (exact) mass is 360 g/mol. The van der Waals surface area contributed by atoms with E-state index in [1.165, 1.54) is 12.8 Å². The second-order valence-electron chi connectivity index (χ2n) is 7.05. The summed E-state index contributed by atoms with van der Waals surface area (Å²) in [6.07, 6.45) is 6.41.